The molecule has 0 aliphatic carbocycles. The molecule has 0 aromatic heterocycles. The maximum Gasteiger partial charge on any atom is 0.194 e. The van der Waals surface area contributed by atoms with E-state index in [0.717, 1.165) is 25.5 Å². The van der Waals surface area contributed by atoms with E-state index in [2.05, 4.69) is 27.0 Å². The molecule has 1 aliphatic rings. The molecule has 1 aromatic carbocycles. The minimum Gasteiger partial charge on any atom is -0.346 e. The van der Waals surface area contributed by atoms with Crippen LogP contribution in [0.3, 0.4) is 0 Å². The minimum absolute atomic E-state index is 0.258. The molecule has 94 valence electrons. The van der Waals surface area contributed by atoms with E-state index in [4.69, 9.17) is 0 Å². The van der Waals surface area contributed by atoms with Gasteiger partial charge < -0.3 is 10.2 Å². The summed E-state index contributed by atoms with van der Waals surface area (Å²) >= 11 is 0. The lowest BCUT2D eigenvalue weighted by molar-refractivity contribution is 0.450. The number of hydrogen-bond donors (Lipinski definition) is 1. The van der Waals surface area contributed by atoms with E-state index in [9.17, 15) is 4.39 Å². The Morgan fingerprint density at radius 3 is 3.17 bits per heavy atom. The van der Waals surface area contributed by atoms with Gasteiger partial charge in [0.2, 0.25) is 0 Å². The molecule has 0 radical (unpaired) electrons. The third-order valence-corrected chi connectivity index (χ3v) is 2.67. The standard InChI is InChI=1S/C14H16FN3/c1-18-10-4-9-17-14(18)16-8-3-6-12-5-2-7-13(15)11-12/h2,5,7,11H,4,8-10H2,1H3,(H,16,17). The van der Waals surface area contributed by atoms with E-state index in [1.165, 1.54) is 12.1 Å². The number of rotatable bonds is 1. The first kappa shape index (κ1) is 12.4. The summed E-state index contributed by atoms with van der Waals surface area (Å²) in [4.78, 5) is 6.45. The van der Waals surface area contributed by atoms with Crippen molar-refractivity contribution in [3.05, 3.63) is 35.6 Å². The number of halogens is 1. The van der Waals surface area contributed by atoms with E-state index >= 15 is 0 Å². The molecule has 0 amide bonds. The fourth-order valence-corrected chi connectivity index (χ4v) is 1.75. The second kappa shape index (κ2) is 6.06. The number of guanidine groups is 1. The van der Waals surface area contributed by atoms with Crippen LogP contribution < -0.4 is 5.32 Å². The lowest BCUT2D eigenvalue weighted by Gasteiger charge is -2.24. The van der Waals surface area contributed by atoms with Gasteiger partial charge in [0, 0.05) is 25.7 Å². The van der Waals surface area contributed by atoms with Gasteiger partial charge in [-0.15, -0.1) is 0 Å². The van der Waals surface area contributed by atoms with Crippen molar-refractivity contribution in [2.24, 2.45) is 4.99 Å². The molecule has 0 unspecified atom stereocenters. The van der Waals surface area contributed by atoms with Crippen LogP contribution in [0.25, 0.3) is 0 Å². The van der Waals surface area contributed by atoms with Gasteiger partial charge in [0.1, 0.15) is 5.82 Å². The van der Waals surface area contributed by atoms with Crippen molar-refractivity contribution in [3.63, 3.8) is 0 Å². The first-order chi connectivity index (χ1) is 8.75. The summed E-state index contributed by atoms with van der Waals surface area (Å²) in [5.41, 5.74) is 0.690. The Morgan fingerprint density at radius 1 is 1.50 bits per heavy atom. The van der Waals surface area contributed by atoms with Gasteiger partial charge in [-0.1, -0.05) is 17.9 Å². The maximum absolute atomic E-state index is 12.9. The molecule has 0 saturated carbocycles. The number of nitrogens with one attached hydrogen (secondary N) is 1. The molecule has 1 aromatic rings. The van der Waals surface area contributed by atoms with Crippen LogP contribution in [0.4, 0.5) is 4.39 Å². The predicted octanol–water partition coefficient (Wildman–Crippen LogP) is 1.46. The third-order valence-electron chi connectivity index (χ3n) is 2.67. The maximum atomic E-state index is 12.9. The quantitative estimate of drug-likeness (QED) is 0.759. The highest BCUT2D eigenvalue weighted by molar-refractivity contribution is 5.80. The van der Waals surface area contributed by atoms with Crippen molar-refractivity contribution in [2.45, 2.75) is 6.42 Å². The fourth-order valence-electron chi connectivity index (χ4n) is 1.75. The normalized spacial score (nSPS) is 14.6. The van der Waals surface area contributed by atoms with Crippen LogP contribution in [0.5, 0.6) is 0 Å². The Bertz CT molecular complexity index is 499. The van der Waals surface area contributed by atoms with E-state index < -0.39 is 0 Å². The Balaban J connectivity index is 1.87. The zero-order valence-electron chi connectivity index (χ0n) is 10.4. The predicted molar refractivity (Wildman–Crippen MR) is 70.8 cm³/mol. The van der Waals surface area contributed by atoms with Crippen LogP contribution in [-0.4, -0.2) is 37.5 Å². The van der Waals surface area contributed by atoms with Crippen molar-refractivity contribution < 1.29 is 4.39 Å². The first-order valence-electron chi connectivity index (χ1n) is 5.99. The number of hydrogen-bond acceptors (Lipinski definition) is 3. The van der Waals surface area contributed by atoms with Gasteiger partial charge in [0.15, 0.2) is 5.96 Å². The SMILES string of the molecule is CN1CCCN=C1NCC#Cc1cccc(F)c1. The molecule has 1 N–H and O–H groups in total. The number of benzene rings is 1. The molecule has 0 fully saturated rings. The van der Waals surface area contributed by atoms with Gasteiger partial charge in [0.05, 0.1) is 6.54 Å². The first-order valence-corrected chi connectivity index (χ1v) is 5.99. The van der Waals surface area contributed by atoms with Crippen LogP contribution in [-0.2, 0) is 0 Å². The van der Waals surface area contributed by atoms with Crippen molar-refractivity contribution in [3.8, 4) is 11.8 Å². The molecular formula is C14H16FN3. The minimum atomic E-state index is -0.258. The van der Waals surface area contributed by atoms with E-state index in [0.29, 0.717) is 12.1 Å². The molecule has 2 rings (SSSR count). The monoisotopic (exact) mass is 245 g/mol. The van der Waals surface area contributed by atoms with Gasteiger partial charge in [-0.05, 0) is 24.6 Å². The summed E-state index contributed by atoms with van der Waals surface area (Å²) < 4.78 is 12.9. The summed E-state index contributed by atoms with van der Waals surface area (Å²) in [7, 11) is 2.00. The molecule has 4 heteroatoms. The van der Waals surface area contributed by atoms with Crippen molar-refractivity contribution in [1.29, 1.82) is 0 Å². The highest BCUT2D eigenvalue weighted by atomic mass is 19.1. The molecule has 1 heterocycles. The summed E-state index contributed by atoms with van der Waals surface area (Å²) in [6.45, 7) is 2.40. The van der Waals surface area contributed by atoms with Gasteiger partial charge in [-0.3, -0.25) is 4.99 Å². The van der Waals surface area contributed by atoms with E-state index in [1.54, 1.807) is 12.1 Å². The molecule has 0 spiro atoms. The van der Waals surface area contributed by atoms with Crippen LogP contribution in [0.2, 0.25) is 0 Å². The van der Waals surface area contributed by atoms with Crippen molar-refractivity contribution >= 4 is 5.96 Å². The molecule has 18 heavy (non-hydrogen) atoms. The number of nitrogens with zero attached hydrogens (tertiary/aromatic N) is 2. The number of aliphatic imine (C=N–C) groups is 1. The Morgan fingerprint density at radius 2 is 2.39 bits per heavy atom. The highest BCUT2D eigenvalue weighted by Crippen LogP contribution is 2.01. The second-order valence-corrected chi connectivity index (χ2v) is 4.15. The summed E-state index contributed by atoms with van der Waals surface area (Å²) in [5, 5.41) is 3.16. The third kappa shape index (κ3) is 3.49. The van der Waals surface area contributed by atoms with Gasteiger partial charge in [-0.2, -0.15) is 0 Å². The Hall–Kier alpha value is -2.02. The molecule has 0 saturated heterocycles. The smallest absolute Gasteiger partial charge is 0.194 e. The van der Waals surface area contributed by atoms with Crippen LogP contribution >= 0.6 is 0 Å². The van der Waals surface area contributed by atoms with Crippen molar-refractivity contribution in [1.82, 2.24) is 10.2 Å². The van der Waals surface area contributed by atoms with E-state index in [-0.39, 0.29) is 5.82 Å². The average molecular weight is 245 g/mol. The van der Waals surface area contributed by atoms with Gasteiger partial charge in [0.25, 0.3) is 0 Å². The van der Waals surface area contributed by atoms with Crippen LogP contribution in [0, 0.1) is 17.7 Å². The van der Waals surface area contributed by atoms with E-state index in [1.807, 2.05) is 7.05 Å². The van der Waals surface area contributed by atoms with Gasteiger partial charge in [-0.25, -0.2) is 4.39 Å². The topological polar surface area (TPSA) is 27.6 Å². The molecule has 0 atom stereocenters. The zero-order chi connectivity index (χ0) is 12.8. The summed E-state index contributed by atoms with van der Waals surface area (Å²) in [6.07, 6.45) is 1.09. The average Bonchev–Trinajstić information content (AvgIpc) is 2.37. The largest absolute Gasteiger partial charge is 0.346 e. The Kier molecular flexibility index (Phi) is 4.19. The highest BCUT2D eigenvalue weighted by Gasteiger charge is 2.08. The Labute approximate surface area is 107 Å². The van der Waals surface area contributed by atoms with Crippen molar-refractivity contribution in [2.75, 3.05) is 26.7 Å². The zero-order valence-corrected chi connectivity index (χ0v) is 10.4. The lowest BCUT2D eigenvalue weighted by Crippen LogP contribution is -2.42. The molecular weight excluding hydrogens is 229 g/mol. The van der Waals surface area contributed by atoms with Gasteiger partial charge >= 0.3 is 0 Å². The molecule has 3 nitrogen and oxygen atoms in total. The van der Waals surface area contributed by atoms with Crippen LogP contribution in [0.1, 0.15) is 12.0 Å². The molecule has 0 bridgehead atoms. The molecule has 1 aliphatic heterocycles. The van der Waals surface area contributed by atoms with Crippen LogP contribution in [0.15, 0.2) is 29.3 Å². The summed E-state index contributed by atoms with van der Waals surface area (Å²) in [5.74, 6) is 6.50. The second-order valence-electron chi connectivity index (χ2n) is 4.15. The summed E-state index contributed by atoms with van der Waals surface area (Å²) in [6, 6.07) is 6.29. The fraction of sp³-hybridized carbons (Fsp3) is 0.357. The lowest BCUT2D eigenvalue weighted by atomic mass is 10.2.